The predicted molar refractivity (Wildman–Crippen MR) is 126 cm³/mol. The van der Waals surface area contributed by atoms with Crippen molar-refractivity contribution in [1.82, 2.24) is 9.80 Å². The molecule has 32 heavy (non-hydrogen) atoms. The van der Waals surface area contributed by atoms with Crippen LogP contribution in [0.25, 0.3) is 6.08 Å². The third kappa shape index (κ3) is 5.88. The molecule has 7 nitrogen and oxygen atoms in total. The van der Waals surface area contributed by atoms with Crippen molar-refractivity contribution in [3.63, 3.8) is 0 Å². The van der Waals surface area contributed by atoms with Gasteiger partial charge < -0.3 is 19.7 Å². The Bertz CT molecular complexity index is 974. The van der Waals surface area contributed by atoms with Gasteiger partial charge in [-0.3, -0.25) is 14.5 Å². The fourth-order valence-corrected chi connectivity index (χ4v) is 3.75. The SMILES string of the molecule is COc1ccc(/C=C/C(=O)N2CCN(CC(=O)Nc3c(C)cccc3C)CC2)cc1OC. The van der Waals surface area contributed by atoms with Gasteiger partial charge in [-0.15, -0.1) is 0 Å². The molecule has 2 amide bonds. The van der Waals surface area contributed by atoms with Crippen LogP contribution in [0.15, 0.2) is 42.5 Å². The number of aryl methyl sites for hydroxylation is 2. The molecule has 0 saturated carbocycles. The molecule has 2 aromatic carbocycles. The molecule has 0 aromatic heterocycles. The summed E-state index contributed by atoms with van der Waals surface area (Å²) < 4.78 is 10.5. The predicted octanol–water partition coefficient (Wildman–Crippen LogP) is 3.12. The Balaban J connectivity index is 1.49. The van der Waals surface area contributed by atoms with Gasteiger partial charge in [-0.05, 0) is 48.7 Å². The van der Waals surface area contributed by atoms with E-state index >= 15 is 0 Å². The number of nitrogens with one attached hydrogen (secondary N) is 1. The highest BCUT2D eigenvalue weighted by atomic mass is 16.5. The summed E-state index contributed by atoms with van der Waals surface area (Å²) in [6.45, 7) is 6.80. The van der Waals surface area contributed by atoms with Crippen LogP contribution in [-0.4, -0.2) is 68.6 Å². The average Bonchev–Trinajstić information content (AvgIpc) is 2.80. The van der Waals surface area contributed by atoms with Crippen LogP contribution in [0, 0.1) is 13.8 Å². The smallest absolute Gasteiger partial charge is 0.246 e. The zero-order valence-corrected chi connectivity index (χ0v) is 19.2. The molecule has 1 aliphatic rings. The normalized spacial score (nSPS) is 14.4. The Labute approximate surface area is 189 Å². The largest absolute Gasteiger partial charge is 0.493 e. The summed E-state index contributed by atoms with van der Waals surface area (Å²) in [4.78, 5) is 29.0. The molecular formula is C25H31N3O4. The molecule has 170 valence electrons. The Kier molecular flexibility index (Phi) is 7.89. The third-order valence-corrected chi connectivity index (χ3v) is 5.62. The first-order valence-electron chi connectivity index (χ1n) is 10.7. The molecule has 0 spiro atoms. The highest BCUT2D eigenvalue weighted by Crippen LogP contribution is 2.28. The molecule has 0 atom stereocenters. The minimum absolute atomic E-state index is 0.0319. The van der Waals surface area contributed by atoms with Gasteiger partial charge in [0, 0.05) is 37.9 Å². The maximum Gasteiger partial charge on any atom is 0.246 e. The van der Waals surface area contributed by atoms with E-state index in [-0.39, 0.29) is 11.8 Å². The van der Waals surface area contributed by atoms with E-state index < -0.39 is 0 Å². The summed E-state index contributed by atoms with van der Waals surface area (Å²) >= 11 is 0. The van der Waals surface area contributed by atoms with Crippen LogP contribution < -0.4 is 14.8 Å². The lowest BCUT2D eigenvalue weighted by molar-refractivity contribution is -0.127. The number of hydrogen-bond donors (Lipinski definition) is 1. The van der Waals surface area contributed by atoms with Gasteiger partial charge in [0.1, 0.15) is 0 Å². The van der Waals surface area contributed by atoms with Crippen LogP contribution >= 0.6 is 0 Å². The van der Waals surface area contributed by atoms with Gasteiger partial charge in [-0.2, -0.15) is 0 Å². The molecule has 0 radical (unpaired) electrons. The summed E-state index contributed by atoms with van der Waals surface area (Å²) in [5, 5.41) is 3.02. The maximum absolute atomic E-state index is 12.6. The summed E-state index contributed by atoms with van der Waals surface area (Å²) in [5.74, 6) is 1.19. The second-order valence-electron chi connectivity index (χ2n) is 7.86. The van der Waals surface area contributed by atoms with Crippen molar-refractivity contribution in [1.29, 1.82) is 0 Å². The lowest BCUT2D eigenvalue weighted by Crippen LogP contribution is -2.50. The quantitative estimate of drug-likeness (QED) is 0.674. The molecule has 0 bridgehead atoms. The van der Waals surface area contributed by atoms with Crippen molar-refractivity contribution in [2.75, 3.05) is 52.3 Å². The van der Waals surface area contributed by atoms with Gasteiger partial charge in [-0.25, -0.2) is 0 Å². The first-order chi connectivity index (χ1) is 15.4. The number of ether oxygens (including phenoxy) is 2. The van der Waals surface area contributed by atoms with E-state index in [0.717, 1.165) is 22.4 Å². The minimum atomic E-state index is -0.0422. The number of nitrogens with zero attached hydrogens (tertiary/aromatic N) is 2. The summed E-state index contributed by atoms with van der Waals surface area (Å²) in [6, 6.07) is 11.5. The van der Waals surface area contributed by atoms with Gasteiger partial charge >= 0.3 is 0 Å². The molecule has 0 unspecified atom stereocenters. The van der Waals surface area contributed by atoms with E-state index in [0.29, 0.717) is 44.2 Å². The number of para-hydroxylation sites is 1. The first-order valence-corrected chi connectivity index (χ1v) is 10.7. The number of rotatable bonds is 7. The first kappa shape index (κ1) is 23.3. The van der Waals surface area contributed by atoms with Crippen molar-refractivity contribution in [3.8, 4) is 11.5 Å². The molecule has 1 fully saturated rings. The second-order valence-corrected chi connectivity index (χ2v) is 7.86. The molecule has 1 heterocycles. The van der Waals surface area contributed by atoms with Crippen LogP contribution in [0.5, 0.6) is 11.5 Å². The van der Waals surface area contributed by atoms with Gasteiger partial charge in [-0.1, -0.05) is 24.3 Å². The molecule has 0 aliphatic carbocycles. The molecule has 1 N–H and O–H groups in total. The number of carbonyl (C=O) groups excluding carboxylic acids is 2. The van der Waals surface area contributed by atoms with Crippen LogP contribution in [0.2, 0.25) is 0 Å². The van der Waals surface area contributed by atoms with Crippen molar-refractivity contribution in [2.24, 2.45) is 0 Å². The van der Waals surface area contributed by atoms with Crippen LogP contribution in [0.3, 0.4) is 0 Å². The summed E-state index contributed by atoms with van der Waals surface area (Å²) in [6.07, 6.45) is 3.35. The Hall–Kier alpha value is -3.32. The zero-order chi connectivity index (χ0) is 23.1. The fourth-order valence-electron chi connectivity index (χ4n) is 3.75. The molecule has 2 aromatic rings. The highest BCUT2D eigenvalue weighted by molar-refractivity contribution is 5.94. The lowest BCUT2D eigenvalue weighted by atomic mass is 10.1. The van der Waals surface area contributed by atoms with E-state index in [4.69, 9.17) is 9.47 Å². The second kappa shape index (κ2) is 10.8. The Morgan fingerprint density at radius 1 is 0.969 bits per heavy atom. The average molecular weight is 438 g/mol. The van der Waals surface area contributed by atoms with Gasteiger partial charge in [0.15, 0.2) is 11.5 Å². The maximum atomic E-state index is 12.6. The molecule has 3 rings (SSSR count). The van der Waals surface area contributed by atoms with E-state index in [2.05, 4.69) is 10.2 Å². The van der Waals surface area contributed by atoms with Crippen LogP contribution in [-0.2, 0) is 9.59 Å². The van der Waals surface area contributed by atoms with E-state index in [1.54, 1.807) is 31.3 Å². The Morgan fingerprint density at radius 2 is 1.62 bits per heavy atom. The van der Waals surface area contributed by atoms with E-state index in [1.165, 1.54) is 0 Å². The van der Waals surface area contributed by atoms with Crippen molar-refractivity contribution in [3.05, 3.63) is 59.2 Å². The monoisotopic (exact) mass is 437 g/mol. The highest BCUT2D eigenvalue weighted by Gasteiger charge is 2.21. The summed E-state index contributed by atoms with van der Waals surface area (Å²) in [5.41, 5.74) is 3.84. The number of benzene rings is 2. The number of carbonyl (C=O) groups is 2. The van der Waals surface area contributed by atoms with Gasteiger partial charge in [0.05, 0.1) is 20.8 Å². The van der Waals surface area contributed by atoms with Crippen molar-refractivity contribution < 1.29 is 19.1 Å². The number of piperazine rings is 1. The number of hydrogen-bond acceptors (Lipinski definition) is 5. The van der Waals surface area contributed by atoms with E-state index in [1.807, 2.05) is 50.2 Å². The standard InChI is InChI=1S/C25H31N3O4/c1-18-6-5-7-19(2)25(18)26-23(29)17-27-12-14-28(15-13-27)24(30)11-9-20-8-10-21(31-3)22(16-20)32-4/h5-11,16H,12-15,17H2,1-4H3,(H,26,29)/b11-9+. The topological polar surface area (TPSA) is 71.1 Å². The van der Waals surface area contributed by atoms with E-state index in [9.17, 15) is 9.59 Å². The zero-order valence-electron chi connectivity index (χ0n) is 19.2. The lowest BCUT2D eigenvalue weighted by Gasteiger charge is -2.33. The number of methoxy groups -OCH3 is 2. The number of anilines is 1. The molecule has 1 saturated heterocycles. The summed E-state index contributed by atoms with van der Waals surface area (Å²) in [7, 11) is 3.17. The van der Waals surface area contributed by atoms with Crippen molar-refractivity contribution in [2.45, 2.75) is 13.8 Å². The van der Waals surface area contributed by atoms with Crippen molar-refractivity contribution >= 4 is 23.6 Å². The van der Waals surface area contributed by atoms with Gasteiger partial charge in [0.25, 0.3) is 0 Å². The third-order valence-electron chi connectivity index (χ3n) is 5.62. The number of amides is 2. The van der Waals surface area contributed by atoms with Crippen LogP contribution in [0.1, 0.15) is 16.7 Å². The fraction of sp³-hybridized carbons (Fsp3) is 0.360. The van der Waals surface area contributed by atoms with Crippen LogP contribution in [0.4, 0.5) is 5.69 Å². The Morgan fingerprint density at radius 3 is 2.25 bits per heavy atom. The van der Waals surface area contributed by atoms with Gasteiger partial charge in [0.2, 0.25) is 11.8 Å². The minimum Gasteiger partial charge on any atom is -0.493 e. The molecule has 1 aliphatic heterocycles. The molecular weight excluding hydrogens is 406 g/mol. The molecule has 7 heteroatoms.